The average Bonchev–Trinajstić information content (AvgIpc) is 1.90. The van der Waals surface area contributed by atoms with Gasteiger partial charge in [-0.15, -0.1) is 0 Å². The predicted octanol–water partition coefficient (Wildman–Crippen LogP) is 0.720. The van der Waals surface area contributed by atoms with Gasteiger partial charge < -0.3 is 10.7 Å². The summed E-state index contributed by atoms with van der Waals surface area (Å²) in [6.07, 6.45) is 1.71. The molecule has 0 aliphatic heterocycles. The summed E-state index contributed by atoms with van der Waals surface area (Å²) in [5.74, 6) is 0. The Labute approximate surface area is 86.1 Å². The Morgan fingerprint density at radius 2 is 2.20 bits per heavy atom. The minimum atomic E-state index is 0. The van der Waals surface area contributed by atoms with Crippen molar-refractivity contribution in [1.29, 1.82) is 0 Å². The van der Waals surface area contributed by atoms with Crippen LogP contribution >= 0.6 is 0 Å². The number of aromatic nitrogens is 1. The van der Waals surface area contributed by atoms with Crippen molar-refractivity contribution in [1.82, 2.24) is 4.98 Å². The van der Waals surface area contributed by atoms with E-state index in [1.807, 2.05) is 12.1 Å². The van der Waals surface area contributed by atoms with Crippen molar-refractivity contribution in [2.45, 2.75) is 6.54 Å². The van der Waals surface area contributed by atoms with Crippen LogP contribution in [0.5, 0.6) is 0 Å². The van der Waals surface area contributed by atoms with Gasteiger partial charge in [-0.05, 0) is 0 Å². The Bertz CT molecular complexity index is 183. The van der Waals surface area contributed by atoms with E-state index in [-0.39, 0.29) is 32.7 Å². The second-order valence-electron chi connectivity index (χ2n) is 1.86. The minimum absolute atomic E-state index is 0. The number of nitrogens with zero attached hydrogens (tertiary/aromatic N) is 1. The zero-order chi connectivity index (χ0) is 6.69. The molecule has 0 unspecified atom stereocenters. The van der Waals surface area contributed by atoms with Crippen molar-refractivity contribution in [3.63, 3.8) is 0 Å². The van der Waals surface area contributed by atoms with Crippen LogP contribution in [-0.2, 0) is 39.3 Å². The molecule has 0 aromatic carbocycles. The Morgan fingerprint density at radius 3 is 2.60 bits per heavy atom. The Hall–Kier alpha value is 0.0839. The maximum atomic E-state index is 5.32. The van der Waals surface area contributed by atoms with Gasteiger partial charge in [0.1, 0.15) is 0 Å². The van der Waals surface area contributed by atoms with E-state index in [2.05, 4.69) is 11.9 Å². The van der Waals surface area contributed by atoms with E-state index >= 15 is 0 Å². The van der Waals surface area contributed by atoms with E-state index in [0.29, 0.717) is 6.54 Å². The normalized spacial score (nSPS) is 8.50. The summed E-state index contributed by atoms with van der Waals surface area (Å²) in [6.45, 7) is 4.19. The molecule has 1 rings (SSSR count). The molecule has 0 saturated carbocycles. The molecular weight excluding hydrogens is 201 g/mol. The monoisotopic (exact) mass is 210 g/mol. The number of hydrogen-bond donors (Lipinski definition) is 1. The van der Waals surface area contributed by atoms with Gasteiger partial charge in [0.2, 0.25) is 0 Å². The minimum Gasteiger partial charge on any atom is -0.325 e. The number of rotatable bonds is 1. The molecule has 0 fully saturated rings. The summed E-state index contributed by atoms with van der Waals surface area (Å²) in [5, 5.41) is 0. The van der Waals surface area contributed by atoms with Gasteiger partial charge in [0.05, 0.1) is 0 Å². The quantitative estimate of drug-likeness (QED) is 0.693. The smallest absolute Gasteiger partial charge is 0.0330 e. The molecule has 0 amide bonds. The van der Waals surface area contributed by atoms with E-state index in [4.69, 9.17) is 5.73 Å². The Kier molecular flexibility index (Phi) is 4.87. The summed E-state index contributed by atoms with van der Waals surface area (Å²) in [6, 6.07) is 3.78. The summed E-state index contributed by atoms with van der Waals surface area (Å²) in [4.78, 5) is 4.01. The molecule has 0 aliphatic carbocycles. The molecule has 0 spiro atoms. The first-order chi connectivity index (χ1) is 4.33. The van der Waals surface area contributed by atoms with E-state index in [9.17, 15) is 0 Å². The molecule has 1 radical (unpaired) electrons. The van der Waals surface area contributed by atoms with Crippen LogP contribution in [0.2, 0.25) is 0 Å². The molecule has 3 heteroatoms. The van der Waals surface area contributed by atoms with Crippen LogP contribution in [0.3, 0.4) is 0 Å². The SMILES string of the molecule is [CH2-]c1ccc(CN)nc1.[Y]. The molecule has 10 heavy (non-hydrogen) atoms. The molecule has 1 heterocycles. The van der Waals surface area contributed by atoms with E-state index in [1.54, 1.807) is 6.20 Å². The van der Waals surface area contributed by atoms with Crippen molar-refractivity contribution in [2.75, 3.05) is 0 Å². The van der Waals surface area contributed by atoms with Gasteiger partial charge >= 0.3 is 0 Å². The van der Waals surface area contributed by atoms with Crippen LogP contribution in [0.1, 0.15) is 11.3 Å². The fourth-order valence-electron chi connectivity index (χ4n) is 0.576. The summed E-state index contributed by atoms with van der Waals surface area (Å²) in [7, 11) is 0. The molecular formula is C7H9N2Y-. The molecule has 0 atom stereocenters. The first-order valence-corrected chi connectivity index (χ1v) is 2.80. The molecule has 0 bridgehead atoms. The fourth-order valence-corrected chi connectivity index (χ4v) is 0.576. The van der Waals surface area contributed by atoms with Crippen molar-refractivity contribution in [3.8, 4) is 0 Å². The number of hydrogen-bond acceptors (Lipinski definition) is 2. The third-order valence-corrected chi connectivity index (χ3v) is 1.10. The zero-order valence-corrected chi connectivity index (χ0v) is 8.59. The van der Waals surface area contributed by atoms with Gasteiger partial charge in [0.15, 0.2) is 0 Å². The second-order valence-corrected chi connectivity index (χ2v) is 1.86. The average molecular weight is 210 g/mol. The van der Waals surface area contributed by atoms with Gasteiger partial charge in [-0.3, -0.25) is 0 Å². The van der Waals surface area contributed by atoms with Gasteiger partial charge in [0, 0.05) is 44.9 Å². The summed E-state index contributed by atoms with van der Waals surface area (Å²) < 4.78 is 0. The Balaban J connectivity index is 0.000000810. The molecule has 2 nitrogen and oxygen atoms in total. The van der Waals surface area contributed by atoms with Gasteiger partial charge in [-0.25, -0.2) is 0 Å². The number of nitrogens with two attached hydrogens (primary N) is 1. The van der Waals surface area contributed by atoms with Crippen LogP contribution < -0.4 is 5.73 Å². The van der Waals surface area contributed by atoms with E-state index in [0.717, 1.165) is 11.3 Å². The molecule has 1 aromatic heterocycles. The largest absolute Gasteiger partial charge is 0.325 e. The Morgan fingerprint density at radius 1 is 1.50 bits per heavy atom. The molecule has 51 valence electrons. The molecule has 2 N–H and O–H groups in total. The van der Waals surface area contributed by atoms with Crippen LogP contribution in [0.15, 0.2) is 18.3 Å². The third kappa shape index (κ3) is 2.78. The zero-order valence-electron chi connectivity index (χ0n) is 5.75. The van der Waals surface area contributed by atoms with E-state index < -0.39 is 0 Å². The van der Waals surface area contributed by atoms with Crippen LogP contribution in [0, 0.1) is 6.92 Å². The number of pyridine rings is 1. The van der Waals surface area contributed by atoms with Gasteiger partial charge in [-0.1, -0.05) is 12.3 Å². The van der Waals surface area contributed by atoms with Crippen molar-refractivity contribution < 1.29 is 32.7 Å². The van der Waals surface area contributed by atoms with Crippen LogP contribution in [0.25, 0.3) is 0 Å². The fraction of sp³-hybridized carbons (Fsp3) is 0.143. The maximum Gasteiger partial charge on any atom is 0.0330 e. The molecule has 0 saturated heterocycles. The van der Waals surface area contributed by atoms with Crippen molar-refractivity contribution in [2.24, 2.45) is 5.73 Å². The van der Waals surface area contributed by atoms with Crippen LogP contribution in [-0.4, -0.2) is 4.98 Å². The standard InChI is InChI=1S/C7H9N2.Y/c1-6-2-3-7(4-8)9-5-6;/h2-3,5H,1,4,8H2;/q-1;. The summed E-state index contributed by atoms with van der Waals surface area (Å²) in [5.41, 5.74) is 7.15. The van der Waals surface area contributed by atoms with Crippen LogP contribution in [0.4, 0.5) is 0 Å². The van der Waals surface area contributed by atoms with E-state index in [1.165, 1.54) is 0 Å². The molecule has 0 aliphatic rings. The van der Waals surface area contributed by atoms with Gasteiger partial charge in [0.25, 0.3) is 0 Å². The molecule has 1 aromatic rings. The van der Waals surface area contributed by atoms with Crippen molar-refractivity contribution in [3.05, 3.63) is 36.5 Å². The van der Waals surface area contributed by atoms with Gasteiger partial charge in [-0.2, -0.15) is 18.6 Å². The topological polar surface area (TPSA) is 38.9 Å². The maximum absolute atomic E-state index is 5.32. The first-order valence-electron chi connectivity index (χ1n) is 2.80. The third-order valence-electron chi connectivity index (χ3n) is 1.10. The second kappa shape index (κ2) is 4.83. The first kappa shape index (κ1) is 10.1. The van der Waals surface area contributed by atoms with Crippen molar-refractivity contribution >= 4 is 0 Å². The summed E-state index contributed by atoms with van der Waals surface area (Å²) >= 11 is 0. The predicted molar refractivity (Wildman–Crippen MR) is 36.6 cm³/mol.